The quantitative estimate of drug-likeness (QED) is 0.0989. The predicted octanol–water partition coefficient (Wildman–Crippen LogP) is -2.24. The minimum atomic E-state index is -1.25. The van der Waals surface area contributed by atoms with E-state index in [1.165, 1.54) is 34.1 Å². The lowest BCUT2D eigenvalue weighted by atomic mass is 10.2. The normalized spacial score (nSPS) is 15.5. The van der Waals surface area contributed by atoms with Crippen molar-refractivity contribution >= 4 is 35.4 Å². The molecule has 7 rings (SSSR count). The van der Waals surface area contributed by atoms with E-state index in [9.17, 15) is 68.8 Å². The minimum absolute atomic E-state index is 0.00835. The van der Waals surface area contributed by atoms with Crippen LogP contribution in [-0.2, 0) is 0 Å². The SMILES string of the molecule is O=C1NCCCN(C(=O)c2cccc(=O)n2O)CCCCN(C(=O)c2cccc(=O)n2O)CCCNC(=O)c2ccc(n(O)c2=O)C(=O)NCCNC(=O)c2ccc1c(=O)n2O. The van der Waals surface area contributed by atoms with E-state index in [0.29, 0.717) is 0 Å². The van der Waals surface area contributed by atoms with Gasteiger partial charge in [-0.1, -0.05) is 12.1 Å². The number of rotatable bonds is 2. The molecule has 0 spiro atoms. The molecule has 4 aromatic heterocycles. The van der Waals surface area contributed by atoms with Crippen LogP contribution in [0.1, 0.15) is 88.4 Å². The highest BCUT2D eigenvalue weighted by molar-refractivity contribution is 5.97. The number of fused-ring (bicyclic) bond motifs is 2. The fourth-order valence-electron chi connectivity index (χ4n) is 6.26. The summed E-state index contributed by atoms with van der Waals surface area (Å²) in [7, 11) is 0. The number of pyridine rings is 4. The van der Waals surface area contributed by atoms with Crippen molar-refractivity contribution in [2.45, 2.75) is 25.7 Å². The number of carbonyl (C=O) groups is 6. The molecule has 4 aromatic rings. The van der Waals surface area contributed by atoms with Gasteiger partial charge >= 0.3 is 0 Å². The van der Waals surface area contributed by atoms with Crippen molar-refractivity contribution in [1.82, 2.24) is 50.0 Å². The van der Waals surface area contributed by atoms with Crippen LogP contribution in [0.5, 0.6) is 0 Å². The summed E-state index contributed by atoms with van der Waals surface area (Å²) >= 11 is 0. The van der Waals surface area contributed by atoms with Gasteiger partial charge in [0.15, 0.2) is 0 Å². The summed E-state index contributed by atoms with van der Waals surface area (Å²) in [5.41, 5.74) is -7.17. The smallest absolute Gasteiger partial charge is 0.296 e. The topological polar surface area (TPSA) is 326 Å². The van der Waals surface area contributed by atoms with E-state index in [1.54, 1.807) is 0 Å². The number of hydrogen-bond donors (Lipinski definition) is 8. The van der Waals surface area contributed by atoms with Crippen LogP contribution in [0.4, 0.5) is 0 Å². The largest absolute Gasteiger partial charge is 0.425 e. The minimum Gasteiger partial charge on any atom is -0.425 e. The van der Waals surface area contributed by atoms with Crippen LogP contribution < -0.4 is 43.5 Å². The molecule has 8 N–H and O–H groups in total. The molecule has 3 aliphatic heterocycles. The number of nitrogens with zero attached hydrogens (tertiary/aromatic N) is 6. The van der Waals surface area contributed by atoms with E-state index < -0.39 is 80.2 Å². The third-order valence-corrected chi connectivity index (χ3v) is 9.53. The van der Waals surface area contributed by atoms with Gasteiger partial charge < -0.3 is 51.9 Å². The van der Waals surface area contributed by atoms with Crippen LogP contribution in [0.2, 0.25) is 0 Å². The first-order chi connectivity index (χ1) is 29.6. The van der Waals surface area contributed by atoms with Gasteiger partial charge in [-0.15, -0.1) is 18.9 Å². The van der Waals surface area contributed by atoms with Gasteiger partial charge in [-0.2, -0.15) is 0 Å². The molecule has 0 aliphatic carbocycles. The molecular formula is C38H42N10O14. The summed E-state index contributed by atoms with van der Waals surface area (Å²) in [4.78, 5) is 131. The van der Waals surface area contributed by atoms with Crippen molar-refractivity contribution < 1.29 is 49.6 Å². The molecule has 0 atom stereocenters. The fourth-order valence-corrected chi connectivity index (χ4v) is 6.26. The Morgan fingerprint density at radius 1 is 0.419 bits per heavy atom. The highest BCUT2D eigenvalue weighted by atomic mass is 16.5. The Morgan fingerprint density at radius 2 is 0.774 bits per heavy atom. The molecular weight excluding hydrogens is 820 g/mol. The summed E-state index contributed by atoms with van der Waals surface area (Å²) in [6, 6.07) is 11.1. The van der Waals surface area contributed by atoms with Crippen molar-refractivity contribution in [2.24, 2.45) is 0 Å². The average Bonchev–Trinajstić information content (AvgIpc) is 3.25. The van der Waals surface area contributed by atoms with Crippen molar-refractivity contribution in [2.75, 3.05) is 52.4 Å². The predicted molar refractivity (Wildman–Crippen MR) is 211 cm³/mol. The Labute approximate surface area is 348 Å². The average molecular weight is 863 g/mol. The Bertz CT molecular complexity index is 2450. The Kier molecular flexibility index (Phi) is 14.6. The maximum absolute atomic E-state index is 13.6. The third-order valence-electron chi connectivity index (χ3n) is 9.53. The van der Waals surface area contributed by atoms with E-state index >= 15 is 0 Å². The van der Waals surface area contributed by atoms with Gasteiger partial charge in [0.05, 0.1) is 0 Å². The van der Waals surface area contributed by atoms with Crippen LogP contribution in [-0.4, -0.2) is 137 Å². The van der Waals surface area contributed by atoms with Crippen molar-refractivity contribution in [3.05, 3.63) is 136 Å². The molecule has 0 fully saturated rings. The first kappa shape index (κ1) is 44.9. The third kappa shape index (κ3) is 10.3. The first-order valence-corrected chi connectivity index (χ1v) is 19.1. The summed E-state index contributed by atoms with van der Waals surface area (Å²) in [6.45, 7) is -0.902. The van der Waals surface area contributed by atoms with E-state index in [1.807, 2.05) is 0 Å². The zero-order valence-corrected chi connectivity index (χ0v) is 32.8. The second kappa shape index (κ2) is 20.2. The van der Waals surface area contributed by atoms with Gasteiger partial charge in [-0.3, -0.25) is 47.9 Å². The highest BCUT2D eigenvalue weighted by Crippen LogP contribution is 2.10. The molecule has 0 unspecified atom stereocenters. The molecule has 6 amide bonds. The van der Waals surface area contributed by atoms with E-state index in [0.717, 1.165) is 36.4 Å². The number of nitrogens with one attached hydrogen (secondary N) is 4. The monoisotopic (exact) mass is 862 g/mol. The molecule has 328 valence electrons. The van der Waals surface area contributed by atoms with Crippen molar-refractivity contribution in [3.8, 4) is 0 Å². The molecule has 0 saturated heterocycles. The molecule has 0 aromatic carbocycles. The van der Waals surface area contributed by atoms with Gasteiger partial charge in [0, 0.05) is 64.5 Å². The van der Waals surface area contributed by atoms with E-state index in [2.05, 4.69) is 21.3 Å². The zero-order chi connectivity index (χ0) is 45.1. The van der Waals surface area contributed by atoms with Crippen LogP contribution in [0, 0.1) is 0 Å². The van der Waals surface area contributed by atoms with Crippen LogP contribution >= 0.6 is 0 Å². The van der Waals surface area contributed by atoms with Gasteiger partial charge in [-0.05, 0) is 62.1 Å². The molecule has 7 heterocycles. The zero-order valence-electron chi connectivity index (χ0n) is 32.8. The number of amides is 6. The number of aromatic nitrogens is 4. The maximum atomic E-state index is 13.6. The van der Waals surface area contributed by atoms with E-state index in [4.69, 9.17) is 0 Å². The molecule has 24 nitrogen and oxygen atoms in total. The highest BCUT2D eigenvalue weighted by Gasteiger charge is 2.24. The lowest BCUT2D eigenvalue weighted by Crippen LogP contribution is -2.41. The van der Waals surface area contributed by atoms with Gasteiger partial charge in [0.25, 0.3) is 57.7 Å². The standard InChI is InChI=1S/C38H42N10O14/c49-29-9-3-7-27(45(29)59)37(57)43-19-1-2-20-44(38(58)28-8-4-10-30(50)46(28)60)22-6-16-40-32(52)24-12-14-26(48(62)36(24)56)34(54)42-18-17-41-33(53)25-13-11-23(35(55)47(25)61)31(51)39-15-5-21-43/h3-4,7-14,59-62H,1-2,5-6,15-22H2,(H,39,51)(H,40,52)(H,41,53)(H,42,54). The lowest BCUT2D eigenvalue weighted by molar-refractivity contribution is 0.0657. The molecule has 4 bridgehead atoms. The Morgan fingerprint density at radius 3 is 1.16 bits per heavy atom. The summed E-state index contributed by atoms with van der Waals surface area (Å²) in [5.74, 6) is -5.32. The van der Waals surface area contributed by atoms with E-state index in [-0.39, 0.29) is 108 Å². The number of hydrogen-bond acceptors (Lipinski definition) is 14. The van der Waals surface area contributed by atoms with Crippen LogP contribution in [0.25, 0.3) is 0 Å². The fraction of sp³-hybridized carbons (Fsp3) is 0.316. The number of carbonyl (C=O) groups excluding carboxylic acids is 6. The lowest BCUT2D eigenvalue weighted by Gasteiger charge is -2.26. The second-order valence-electron chi connectivity index (χ2n) is 13.6. The van der Waals surface area contributed by atoms with Crippen LogP contribution in [0.15, 0.2) is 79.8 Å². The second-order valence-corrected chi connectivity index (χ2v) is 13.6. The molecule has 3 aliphatic rings. The summed E-state index contributed by atoms with van der Waals surface area (Å²) in [5, 5.41) is 51.1. The van der Waals surface area contributed by atoms with Gasteiger partial charge in [0.1, 0.15) is 33.9 Å². The van der Waals surface area contributed by atoms with Crippen molar-refractivity contribution in [1.29, 1.82) is 0 Å². The molecule has 62 heavy (non-hydrogen) atoms. The molecule has 0 saturated carbocycles. The van der Waals surface area contributed by atoms with Crippen LogP contribution in [0.3, 0.4) is 0 Å². The summed E-state index contributed by atoms with van der Waals surface area (Å²) < 4.78 is 0.261. The molecule has 24 heteroatoms. The van der Waals surface area contributed by atoms with Gasteiger partial charge in [-0.25, -0.2) is 0 Å². The Hall–Kier alpha value is -8.18. The van der Waals surface area contributed by atoms with Gasteiger partial charge in [0.2, 0.25) is 0 Å². The molecule has 0 radical (unpaired) electrons. The van der Waals surface area contributed by atoms with Crippen molar-refractivity contribution in [3.63, 3.8) is 0 Å². The Balaban J connectivity index is 1.39. The maximum Gasteiger partial charge on any atom is 0.296 e. The first-order valence-electron chi connectivity index (χ1n) is 19.1. The summed E-state index contributed by atoms with van der Waals surface area (Å²) in [6.07, 6.45) is 0.579.